The molecule has 0 saturated carbocycles. The fourth-order valence-corrected chi connectivity index (χ4v) is 9.06. The first-order valence-corrected chi connectivity index (χ1v) is 23.7. The molecule has 3 heteroatoms. The predicted molar refractivity (Wildman–Crippen MR) is 295 cm³/mol. The highest BCUT2D eigenvalue weighted by molar-refractivity contribution is 6.09. The Morgan fingerprint density at radius 3 is 0.871 bits per heavy atom. The number of anilines is 9. The predicted octanol–water partition coefficient (Wildman–Crippen LogP) is 17.5. The minimum atomic E-state index is 0.803. The third-order valence-electron chi connectivity index (χ3n) is 12.2. The molecule has 0 amide bonds. The Hall–Kier alpha value is -9.28. The third kappa shape index (κ3) is 9.60. The van der Waals surface area contributed by atoms with Gasteiger partial charge in [0.1, 0.15) is 0 Å². The Labute approximate surface area is 413 Å². The van der Waals surface area contributed by atoms with E-state index in [0.717, 1.165) is 101 Å². The Balaban J connectivity index is 1.54. The molecule has 0 fully saturated rings. The maximum Gasteiger partial charge on any atom is 0.0818 e. The second-order valence-corrected chi connectivity index (χ2v) is 17.3. The van der Waals surface area contributed by atoms with Crippen LogP contribution >= 0.6 is 0 Å². The highest BCUT2D eigenvalue weighted by Crippen LogP contribution is 2.57. The molecule has 0 saturated heterocycles. The second-order valence-electron chi connectivity index (χ2n) is 17.3. The lowest BCUT2D eigenvalue weighted by Gasteiger charge is -2.38. The summed E-state index contributed by atoms with van der Waals surface area (Å²) in [5.74, 6) is 15.3. The van der Waals surface area contributed by atoms with Crippen molar-refractivity contribution >= 4 is 51.2 Å². The number of para-hydroxylation sites is 3. The lowest BCUT2D eigenvalue weighted by atomic mass is 9.88. The second kappa shape index (κ2) is 20.7. The van der Waals surface area contributed by atoms with Gasteiger partial charge in [-0.15, -0.1) is 0 Å². The van der Waals surface area contributed by atoms with E-state index >= 15 is 0 Å². The first kappa shape index (κ1) is 44.6. The Morgan fingerprint density at radius 2 is 0.543 bits per heavy atom. The van der Waals surface area contributed by atoms with Crippen LogP contribution in [0.25, 0.3) is 11.1 Å². The topological polar surface area (TPSA) is 9.72 Å². The van der Waals surface area contributed by atoms with Crippen molar-refractivity contribution in [2.24, 2.45) is 0 Å². The van der Waals surface area contributed by atoms with Crippen molar-refractivity contribution in [2.75, 3.05) is 14.7 Å². The standard InChI is InChI=1S/C67H51N3/c1-50-25-22-40-59(47-50)68(56-34-16-7-17-35-56)65-62(45-43-53-28-10-4-11-29-53)66(69(57-36-18-8-19-37-57)60-41-23-26-51(2)48-60)64(55-32-14-6-15-33-55)67(63(65)46-44-54-30-12-5-13-31-54)70(58-38-20-9-21-39-58)61-42-24-27-52(3)49-61/h4-42,47-49H,1-3H3. The molecule has 0 bridgehead atoms. The van der Waals surface area contributed by atoms with Crippen LogP contribution in [-0.4, -0.2) is 0 Å². The average molecular weight is 898 g/mol. The van der Waals surface area contributed by atoms with Crippen molar-refractivity contribution in [2.45, 2.75) is 20.8 Å². The van der Waals surface area contributed by atoms with E-state index in [-0.39, 0.29) is 0 Å². The van der Waals surface area contributed by atoms with Crippen LogP contribution in [0.3, 0.4) is 0 Å². The van der Waals surface area contributed by atoms with Crippen LogP contribution in [-0.2, 0) is 0 Å². The van der Waals surface area contributed by atoms with E-state index in [9.17, 15) is 0 Å². The van der Waals surface area contributed by atoms with E-state index in [0.29, 0.717) is 0 Å². The van der Waals surface area contributed by atoms with E-state index in [4.69, 9.17) is 0 Å². The molecule has 0 atom stereocenters. The minimum absolute atomic E-state index is 0.803. The van der Waals surface area contributed by atoms with Crippen LogP contribution in [0.15, 0.2) is 255 Å². The summed E-state index contributed by atoms with van der Waals surface area (Å²) in [7, 11) is 0. The van der Waals surface area contributed by atoms with Crippen LogP contribution in [0, 0.1) is 44.5 Å². The van der Waals surface area contributed by atoms with Gasteiger partial charge in [-0.3, -0.25) is 0 Å². The SMILES string of the molecule is Cc1cccc(N(c2ccccc2)c2c(C#Cc3ccccc3)c(N(c3ccccc3)c3cccc(C)c3)c(-c3ccccc3)c(N(c3ccccc3)c3cccc(C)c3)c2C#Cc2ccccc2)c1. The fraction of sp³-hybridized carbons (Fsp3) is 0.0448. The van der Waals surface area contributed by atoms with Gasteiger partial charge in [0.05, 0.1) is 28.2 Å². The maximum absolute atomic E-state index is 3.95. The van der Waals surface area contributed by atoms with E-state index in [2.05, 4.69) is 278 Å². The zero-order valence-electron chi connectivity index (χ0n) is 39.6. The first-order chi connectivity index (χ1) is 34.5. The third-order valence-corrected chi connectivity index (χ3v) is 12.2. The Morgan fingerprint density at radius 1 is 0.257 bits per heavy atom. The van der Waals surface area contributed by atoms with Crippen LogP contribution in [0.5, 0.6) is 0 Å². The van der Waals surface area contributed by atoms with Crippen molar-refractivity contribution in [3.05, 3.63) is 294 Å². The van der Waals surface area contributed by atoms with Gasteiger partial charge in [-0.05, 0) is 140 Å². The van der Waals surface area contributed by atoms with Crippen molar-refractivity contribution in [3.8, 4) is 34.8 Å². The van der Waals surface area contributed by atoms with Gasteiger partial charge >= 0.3 is 0 Å². The van der Waals surface area contributed by atoms with E-state index in [1.165, 1.54) is 0 Å². The minimum Gasteiger partial charge on any atom is -0.308 e. The molecule has 70 heavy (non-hydrogen) atoms. The molecule has 0 aliphatic rings. The summed E-state index contributed by atoms with van der Waals surface area (Å²) >= 11 is 0. The molecule has 0 aliphatic heterocycles. The van der Waals surface area contributed by atoms with Crippen molar-refractivity contribution in [1.29, 1.82) is 0 Å². The molecule has 0 N–H and O–H groups in total. The van der Waals surface area contributed by atoms with Gasteiger partial charge in [0.2, 0.25) is 0 Å². The van der Waals surface area contributed by atoms with Crippen molar-refractivity contribution < 1.29 is 0 Å². The van der Waals surface area contributed by atoms with Gasteiger partial charge in [-0.25, -0.2) is 0 Å². The normalized spacial score (nSPS) is 10.6. The van der Waals surface area contributed by atoms with E-state index in [1.54, 1.807) is 0 Å². The molecule has 0 radical (unpaired) electrons. The summed E-state index contributed by atoms with van der Waals surface area (Å²) < 4.78 is 0. The number of benzene rings is 10. The quantitative estimate of drug-likeness (QED) is 0.127. The Bertz CT molecular complexity index is 3340. The fourth-order valence-electron chi connectivity index (χ4n) is 9.06. The molecule has 10 aromatic carbocycles. The number of rotatable bonds is 10. The Kier molecular flexibility index (Phi) is 13.2. The highest BCUT2D eigenvalue weighted by atomic mass is 15.2. The number of hydrogen-bond donors (Lipinski definition) is 0. The zero-order valence-corrected chi connectivity index (χ0v) is 39.6. The largest absolute Gasteiger partial charge is 0.308 e. The van der Waals surface area contributed by atoms with Gasteiger partial charge in [-0.2, -0.15) is 0 Å². The molecule has 0 aromatic heterocycles. The van der Waals surface area contributed by atoms with Gasteiger partial charge in [-0.1, -0.05) is 181 Å². The summed E-state index contributed by atoms with van der Waals surface area (Å²) in [4.78, 5) is 7.19. The lowest BCUT2D eigenvalue weighted by molar-refractivity contribution is 1.20. The molecule has 0 aliphatic carbocycles. The van der Waals surface area contributed by atoms with Crippen LogP contribution in [0.1, 0.15) is 38.9 Å². The van der Waals surface area contributed by atoms with Gasteiger partial charge in [0.15, 0.2) is 0 Å². The summed E-state index contributed by atoms with van der Waals surface area (Å²) in [6.07, 6.45) is 0. The summed E-state index contributed by atoms with van der Waals surface area (Å²) in [6.45, 7) is 6.46. The maximum atomic E-state index is 3.95. The zero-order chi connectivity index (χ0) is 47.7. The number of aryl methyl sites for hydroxylation is 3. The summed E-state index contributed by atoms with van der Waals surface area (Å²) in [5.41, 5.74) is 17.3. The molecule has 10 rings (SSSR count). The molecule has 3 nitrogen and oxygen atoms in total. The molecule has 334 valence electrons. The van der Waals surface area contributed by atoms with E-state index < -0.39 is 0 Å². The van der Waals surface area contributed by atoms with Crippen LogP contribution in [0.4, 0.5) is 51.2 Å². The first-order valence-electron chi connectivity index (χ1n) is 23.7. The van der Waals surface area contributed by atoms with Gasteiger partial charge < -0.3 is 14.7 Å². The van der Waals surface area contributed by atoms with E-state index in [1.807, 2.05) is 36.4 Å². The molecule has 10 aromatic rings. The highest BCUT2D eigenvalue weighted by Gasteiger charge is 2.35. The van der Waals surface area contributed by atoms with Gasteiger partial charge in [0, 0.05) is 50.8 Å². The van der Waals surface area contributed by atoms with Crippen LogP contribution in [0.2, 0.25) is 0 Å². The monoisotopic (exact) mass is 897 g/mol. The molecule has 0 unspecified atom stereocenters. The molecular formula is C67H51N3. The van der Waals surface area contributed by atoms with Gasteiger partial charge in [0.25, 0.3) is 0 Å². The molecular weight excluding hydrogens is 847 g/mol. The van der Waals surface area contributed by atoms with Crippen molar-refractivity contribution in [1.82, 2.24) is 0 Å². The average Bonchev–Trinajstić information content (AvgIpc) is 3.40. The summed E-state index contributed by atoms with van der Waals surface area (Å²) in [6, 6.07) is 89.7. The lowest BCUT2D eigenvalue weighted by Crippen LogP contribution is -2.22. The van der Waals surface area contributed by atoms with Crippen molar-refractivity contribution in [3.63, 3.8) is 0 Å². The summed E-state index contributed by atoms with van der Waals surface area (Å²) in [5, 5.41) is 0. The molecule has 0 spiro atoms. The molecule has 0 heterocycles. The number of nitrogens with zero attached hydrogens (tertiary/aromatic N) is 3. The van der Waals surface area contributed by atoms with Crippen LogP contribution < -0.4 is 14.7 Å². The smallest absolute Gasteiger partial charge is 0.0818 e. The number of hydrogen-bond acceptors (Lipinski definition) is 3.